The quantitative estimate of drug-likeness (QED) is 0.529. The summed E-state index contributed by atoms with van der Waals surface area (Å²) < 4.78 is 29.1. The van der Waals surface area contributed by atoms with Gasteiger partial charge in [-0.1, -0.05) is 30.3 Å². The van der Waals surface area contributed by atoms with Gasteiger partial charge in [0.2, 0.25) is 5.91 Å². The molecule has 0 saturated carbocycles. The summed E-state index contributed by atoms with van der Waals surface area (Å²) in [6.45, 7) is -0.621. The van der Waals surface area contributed by atoms with E-state index >= 15 is 0 Å². The summed E-state index contributed by atoms with van der Waals surface area (Å²) in [5.41, 5.74) is -1.28. The highest BCUT2D eigenvalue weighted by molar-refractivity contribution is 5.91. The number of halogens is 2. The molecule has 0 bridgehead atoms. The lowest BCUT2D eigenvalue weighted by Crippen LogP contribution is -2.42. The molecule has 0 saturated heterocycles. The number of fused-ring (bicyclic) bond motifs is 1. The van der Waals surface area contributed by atoms with Gasteiger partial charge >= 0.3 is 5.69 Å². The highest BCUT2D eigenvalue weighted by Gasteiger charge is 2.18. The number of nitrogens with zero attached hydrogens (tertiary/aromatic N) is 4. The average molecular weight is 423 g/mol. The Morgan fingerprint density at radius 3 is 2.48 bits per heavy atom. The first-order valence-electron chi connectivity index (χ1n) is 9.17. The molecule has 0 aliphatic rings. The van der Waals surface area contributed by atoms with Crippen LogP contribution in [0, 0.1) is 11.6 Å². The van der Waals surface area contributed by atoms with E-state index in [4.69, 9.17) is 0 Å². The summed E-state index contributed by atoms with van der Waals surface area (Å²) >= 11 is 0. The molecule has 10 heteroatoms. The summed E-state index contributed by atoms with van der Waals surface area (Å²) in [7, 11) is 0. The molecule has 156 valence electrons. The maximum atomic E-state index is 13.8. The number of amides is 1. The molecule has 0 unspecified atom stereocenters. The number of carbonyl (C=O) groups is 1. The molecule has 2 aromatic carbocycles. The van der Waals surface area contributed by atoms with Crippen molar-refractivity contribution in [1.82, 2.24) is 19.1 Å². The van der Waals surface area contributed by atoms with Crippen LogP contribution in [0.25, 0.3) is 11.2 Å². The number of aromatic nitrogens is 4. The Kier molecular flexibility index (Phi) is 5.35. The normalized spacial score (nSPS) is 10.9. The van der Waals surface area contributed by atoms with Crippen molar-refractivity contribution in [3.63, 3.8) is 0 Å². The van der Waals surface area contributed by atoms with Gasteiger partial charge in [-0.15, -0.1) is 0 Å². The van der Waals surface area contributed by atoms with Gasteiger partial charge in [0.05, 0.1) is 12.2 Å². The molecule has 4 aromatic rings. The molecule has 0 atom stereocenters. The van der Waals surface area contributed by atoms with E-state index in [0.717, 1.165) is 27.3 Å². The van der Waals surface area contributed by atoms with Crippen LogP contribution in [-0.4, -0.2) is 25.0 Å². The van der Waals surface area contributed by atoms with Crippen LogP contribution in [-0.2, 0) is 17.9 Å². The zero-order valence-electron chi connectivity index (χ0n) is 16.0. The van der Waals surface area contributed by atoms with Crippen LogP contribution in [0.4, 0.5) is 14.5 Å². The molecule has 2 heterocycles. The Morgan fingerprint density at radius 2 is 1.71 bits per heavy atom. The van der Waals surface area contributed by atoms with E-state index in [1.54, 1.807) is 30.3 Å². The molecule has 0 aliphatic carbocycles. The number of rotatable bonds is 5. The fraction of sp³-hybridized carbons (Fsp3) is 0.0952. The highest BCUT2D eigenvalue weighted by atomic mass is 19.1. The summed E-state index contributed by atoms with van der Waals surface area (Å²) in [6, 6.07) is 11.4. The van der Waals surface area contributed by atoms with Gasteiger partial charge in [-0.3, -0.25) is 18.7 Å². The number of carbonyl (C=O) groups excluding carboxylic acids is 1. The van der Waals surface area contributed by atoms with Crippen LogP contribution in [0.5, 0.6) is 0 Å². The summed E-state index contributed by atoms with van der Waals surface area (Å²) in [5.74, 6) is -2.37. The third-order valence-corrected chi connectivity index (χ3v) is 4.53. The van der Waals surface area contributed by atoms with E-state index < -0.39 is 35.3 Å². The molecule has 31 heavy (non-hydrogen) atoms. The lowest BCUT2D eigenvalue weighted by molar-refractivity contribution is -0.116. The molecular weight excluding hydrogens is 408 g/mol. The Labute approximate surface area is 173 Å². The lowest BCUT2D eigenvalue weighted by Gasteiger charge is -2.13. The third-order valence-electron chi connectivity index (χ3n) is 4.53. The van der Waals surface area contributed by atoms with Crippen molar-refractivity contribution in [2.24, 2.45) is 0 Å². The van der Waals surface area contributed by atoms with Crippen LogP contribution < -0.4 is 16.6 Å². The first kappa shape index (κ1) is 20.1. The van der Waals surface area contributed by atoms with Crippen LogP contribution >= 0.6 is 0 Å². The van der Waals surface area contributed by atoms with E-state index in [1.807, 2.05) is 0 Å². The smallest absolute Gasteiger partial charge is 0.322 e. The van der Waals surface area contributed by atoms with Gasteiger partial charge in [0.15, 0.2) is 11.2 Å². The largest absolute Gasteiger partial charge is 0.333 e. The molecule has 2 aromatic heterocycles. The van der Waals surface area contributed by atoms with Gasteiger partial charge in [0, 0.05) is 18.5 Å². The van der Waals surface area contributed by atoms with E-state index in [9.17, 15) is 23.2 Å². The topological polar surface area (TPSA) is 98.9 Å². The van der Waals surface area contributed by atoms with Crippen molar-refractivity contribution < 1.29 is 13.6 Å². The van der Waals surface area contributed by atoms with Gasteiger partial charge in [0.1, 0.15) is 18.2 Å². The molecule has 0 aliphatic heterocycles. The monoisotopic (exact) mass is 423 g/mol. The molecule has 0 radical (unpaired) electrons. The summed E-state index contributed by atoms with van der Waals surface area (Å²) in [5, 5.41) is 2.23. The maximum Gasteiger partial charge on any atom is 0.333 e. The van der Waals surface area contributed by atoms with Crippen molar-refractivity contribution in [2.45, 2.75) is 13.1 Å². The van der Waals surface area contributed by atoms with Gasteiger partial charge in [0.25, 0.3) is 5.56 Å². The zero-order valence-corrected chi connectivity index (χ0v) is 16.0. The second-order valence-electron chi connectivity index (χ2n) is 6.65. The SMILES string of the molecule is O=C(Cn1c(=O)n(Cc2ccccc2)c(=O)c2nccnc21)Nc1cc(F)ccc1F. The molecule has 1 N–H and O–H groups in total. The number of benzene rings is 2. The van der Waals surface area contributed by atoms with Crippen molar-refractivity contribution in [3.05, 3.63) is 99.0 Å². The Bertz CT molecular complexity index is 1400. The number of anilines is 1. The lowest BCUT2D eigenvalue weighted by atomic mass is 10.2. The van der Waals surface area contributed by atoms with Crippen LogP contribution in [0.1, 0.15) is 5.56 Å². The van der Waals surface area contributed by atoms with Crippen molar-refractivity contribution in [1.29, 1.82) is 0 Å². The second kappa shape index (κ2) is 8.27. The molecule has 0 spiro atoms. The molecule has 0 fully saturated rings. The highest BCUT2D eigenvalue weighted by Crippen LogP contribution is 2.15. The standard InChI is InChI=1S/C21H15F2N5O3/c22-14-6-7-15(23)16(10-14)26-17(29)12-27-19-18(24-8-9-25-19)20(30)28(21(27)31)11-13-4-2-1-3-5-13/h1-10H,11-12H2,(H,26,29). The van der Waals surface area contributed by atoms with Gasteiger partial charge in [-0.25, -0.2) is 23.5 Å². The fourth-order valence-corrected chi connectivity index (χ4v) is 3.10. The molecule has 4 rings (SSSR count). The number of nitrogens with one attached hydrogen (secondary N) is 1. The van der Waals surface area contributed by atoms with Crippen LogP contribution in [0.15, 0.2) is 70.5 Å². The first-order chi connectivity index (χ1) is 14.9. The second-order valence-corrected chi connectivity index (χ2v) is 6.65. The predicted octanol–water partition coefficient (Wildman–Crippen LogP) is 1.92. The van der Waals surface area contributed by atoms with Gasteiger partial charge in [-0.2, -0.15) is 0 Å². The summed E-state index contributed by atoms with van der Waals surface area (Å²) in [4.78, 5) is 46.4. The maximum absolute atomic E-state index is 13.8. The van der Waals surface area contributed by atoms with E-state index in [-0.39, 0.29) is 23.4 Å². The third kappa shape index (κ3) is 4.08. The average Bonchev–Trinajstić information content (AvgIpc) is 2.77. The Hall–Kier alpha value is -4.21. The predicted molar refractivity (Wildman–Crippen MR) is 109 cm³/mol. The Balaban J connectivity index is 1.76. The van der Waals surface area contributed by atoms with Gasteiger partial charge < -0.3 is 5.32 Å². The molecule has 8 nitrogen and oxygen atoms in total. The molecular formula is C21H15F2N5O3. The minimum absolute atomic E-state index is 0.0365. The van der Waals surface area contributed by atoms with Crippen molar-refractivity contribution in [3.8, 4) is 0 Å². The van der Waals surface area contributed by atoms with Crippen LogP contribution in [0.2, 0.25) is 0 Å². The van der Waals surface area contributed by atoms with E-state index in [0.29, 0.717) is 5.56 Å². The fourth-order valence-electron chi connectivity index (χ4n) is 3.10. The van der Waals surface area contributed by atoms with Gasteiger partial charge in [-0.05, 0) is 17.7 Å². The van der Waals surface area contributed by atoms with E-state index in [1.165, 1.54) is 12.4 Å². The number of hydrogen-bond donors (Lipinski definition) is 1. The molecule has 1 amide bonds. The number of hydrogen-bond acceptors (Lipinski definition) is 5. The Morgan fingerprint density at radius 1 is 0.968 bits per heavy atom. The van der Waals surface area contributed by atoms with Crippen molar-refractivity contribution in [2.75, 3.05) is 5.32 Å². The van der Waals surface area contributed by atoms with E-state index in [2.05, 4.69) is 15.3 Å². The van der Waals surface area contributed by atoms with Crippen LogP contribution in [0.3, 0.4) is 0 Å². The first-order valence-corrected chi connectivity index (χ1v) is 9.17. The van der Waals surface area contributed by atoms with Crippen molar-refractivity contribution >= 4 is 22.8 Å². The minimum atomic E-state index is -0.833. The minimum Gasteiger partial charge on any atom is -0.322 e. The summed E-state index contributed by atoms with van der Waals surface area (Å²) in [6.07, 6.45) is 2.58. The zero-order chi connectivity index (χ0) is 22.0.